The number of rotatable bonds is 3. The summed E-state index contributed by atoms with van der Waals surface area (Å²) in [5, 5.41) is 11.5. The Morgan fingerprint density at radius 3 is 2.78 bits per heavy atom. The molecule has 1 aromatic carbocycles. The van der Waals surface area contributed by atoms with Crippen LogP contribution in [0.15, 0.2) is 40.9 Å². The van der Waals surface area contributed by atoms with Crippen molar-refractivity contribution in [2.45, 2.75) is 24.7 Å². The first kappa shape index (κ1) is 14.9. The van der Waals surface area contributed by atoms with Crippen LogP contribution in [-0.4, -0.2) is 35.0 Å². The number of amides is 1. The molecule has 4 rings (SSSR count). The van der Waals surface area contributed by atoms with Crippen molar-refractivity contribution < 1.29 is 19.4 Å². The molecule has 0 N–H and O–H groups in total. The van der Waals surface area contributed by atoms with E-state index in [2.05, 4.69) is 15.9 Å². The number of carboxylic acid groups (broad SMARTS) is 1. The van der Waals surface area contributed by atoms with Gasteiger partial charge in [0, 0.05) is 16.4 Å². The van der Waals surface area contributed by atoms with Gasteiger partial charge < -0.3 is 19.5 Å². The predicted octanol–water partition coefficient (Wildman–Crippen LogP) is 1.04. The van der Waals surface area contributed by atoms with Gasteiger partial charge in [-0.3, -0.25) is 4.79 Å². The van der Waals surface area contributed by atoms with Crippen LogP contribution >= 0.6 is 15.9 Å². The van der Waals surface area contributed by atoms with Crippen molar-refractivity contribution in [1.82, 2.24) is 4.90 Å². The highest BCUT2D eigenvalue weighted by molar-refractivity contribution is 9.10. The molecule has 0 unspecified atom stereocenters. The van der Waals surface area contributed by atoms with Gasteiger partial charge in [0.05, 0.1) is 24.6 Å². The van der Waals surface area contributed by atoms with Crippen LogP contribution < -0.4 is 5.11 Å². The molecule has 0 saturated carbocycles. The van der Waals surface area contributed by atoms with E-state index in [0.717, 1.165) is 10.0 Å². The lowest BCUT2D eigenvalue weighted by molar-refractivity contribution is -0.313. The summed E-state index contributed by atoms with van der Waals surface area (Å²) in [7, 11) is 0. The molecule has 2 saturated heterocycles. The Morgan fingerprint density at radius 1 is 1.43 bits per heavy atom. The summed E-state index contributed by atoms with van der Waals surface area (Å²) >= 11 is 3.40. The highest BCUT2D eigenvalue weighted by atomic mass is 79.9. The van der Waals surface area contributed by atoms with E-state index in [1.807, 2.05) is 37.3 Å². The molecule has 3 aliphatic rings. The molecule has 23 heavy (non-hydrogen) atoms. The van der Waals surface area contributed by atoms with E-state index in [-0.39, 0.29) is 11.9 Å². The second kappa shape index (κ2) is 4.92. The highest BCUT2D eigenvalue weighted by Crippen LogP contribution is 2.53. The number of halogens is 1. The van der Waals surface area contributed by atoms with Crippen molar-refractivity contribution in [1.29, 1.82) is 0 Å². The number of likely N-dealkylation sites (tertiary alicyclic amines) is 1. The second-order valence-electron chi connectivity index (χ2n) is 6.41. The van der Waals surface area contributed by atoms with E-state index in [1.54, 1.807) is 11.0 Å². The Kier molecular flexibility index (Phi) is 3.19. The maximum atomic E-state index is 12.9. The number of carbonyl (C=O) groups excluding carboxylic acids is 2. The van der Waals surface area contributed by atoms with Gasteiger partial charge in [-0.25, -0.2) is 0 Å². The Labute approximate surface area is 142 Å². The minimum Gasteiger partial charge on any atom is -0.550 e. The topological polar surface area (TPSA) is 69.7 Å². The smallest absolute Gasteiger partial charge is 0.230 e. The minimum absolute atomic E-state index is 0.144. The average molecular weight is 377 g/mol. The number of ether oxygens (including phenoxy) is 1. The fourth-order valence-electron chi connectivity index (χ4n) is 4.05. The Balaban J connectivity index is 1.66. The molecule has 0 radical (unpaired) electrons. The van der Waals surface area contributed by atoms with E-state index >= 15 is 0 Å². The molecule has 1 spiro atoms. The Hall–Kier alpha value is -1.66. The Bertz CT molecular complexity index is 716. The van der Waals surface area contributed by atoms with Gasteiger partial charge in [-0.2, -0.15) is 0 Å². The second-order valence-corrected chi connectivity index (χ2v) is 7.33. The van der Waals surface area contributed by atoms with Crippen LogP contribution in [0.4, 0.5) is 0 Å². The number of nitrogens with zero attached hydrogens (tertiary/aromatic N) is 1. The van der Waals surface area contributed by atoms with Crippen molar-refractivity contribution >= 4 is 27.8 Å². The van der Waals surface area contributed by atoms with E-state index in [1.165, 1.54) is 0 Å². The number of hydrogen-bond donors (Lipinski definition) is 0. The first-order chi connectivity index (χ1) is 10.9. The summed E-state index contributed by atoms with van der Waals surface area (Å²) in [5.74, 6) is -2.95. The van der Waals surface area contributed by atoms with Crippen LogP contribution in [0, 0.1) is 11.8 Å². The molecule has 3 aliphatic heterocycles. The molecular formula is C17H15BrNO4-. The fourth-order valence-corrected chi connectivity index (χ4v) is 4.31. The third-order valence-corrected chi connectivity index (χ3v) is 5.75. The molecule has 5 nitrogen and oxygen atoms in total. The predicted molar refractivity (Wildman–Crippen MR) is 83.0 cm³/mol. The summed E-state index contributed by atoms with van der Waals surface area (Å²) in [6, 6.07) is 7.62. The van der Waals surface area contributed by atoms with E-state index in [0.29, 0.717) is 6.54 Å². The summed E-state index contributed by atoms with van der Waals surface area (Å²) in [5.41, 5.74) is 0.192. The molecular weight excluding hydrogens is 362 g/mol. The maximum Gasteiger partial charge on any atom is 0.230 e. The van der Waals surface area contributed by atoms with Crippen LogP contribution in [0.5, 0.6) is 0 Å². The first-order valence-electron chi connectivity index (χ1n) is 7.57. The number of carbonyl (C=O) groups is 2. The number of benzene rings is 1. The third-order valence-electron chi connectivity index (χ3n) is 5.22. The van der Waals surface area contributed by atoms with Crippen molar-refractivity contribution in [3.63, 3.8) is 0 Å². The molecule has 6 heteroatoms. The van der Waals surface area contributed by atoms with Gasteiger partial charge >= 0.3 is 0 Å². The molecule has 2 bridgehead atoms. The monoisotopic (exact) mass is 376 g/mol. The van der Waals surface area contributed by atoms with Crippen LogP contribution in [0.1, 0.15) is 18.5 Å². The van der Waals surface area contributed by atoms with E-state index in [4.69, 9.17) is 4.74 Å². The molecule has 5 atom stereocenters. The van der Waals surface area contributed by atoms with Gasteiger partial charge in [0.25, 0.3) is 0 Å². The molecule has 0 aliphatic carbocycles. The normalized spacial score (nSPS) is 35.7. The summed E-state index contributed by atoms with van der Waals surface area (Å²) in [6.45, 7) is 2.33. The summed E-state index contributed by atoms with van der Waals surface area (Å²) in [6.07, 6.45) is 3.06. The number of hydrogen-bond acceptors (Lipinski definition) is 4. The van der Waals surface area contributed by atoms with E-state index < -0.39 is 29.5 Å². The third kappa shape index (κ3) is 2.01. The number of aliphatic carboxylic acids is 1. The molecule has 1 aromatic rings. The molecule has 1 amide bonds. The maximum absolute atomic E-state index is 12.9. The molecule has 0 aromatic heterocycles. The molecule has 2 fully saturated rings. The van der Waals surface area contributed by atoms with Crippen molar-refractivity contribution in [2.75, 3.05) is 6.54 Å². The lowest BCUT2D eigenvalue weighted by Crippen LogP contribution is -2.45. The molecule has 3 heterocycles. The van der Waals surface area contributed by atoms with Crippen molar-refractivity contribution in [2.24, 2.45) is 11.8 Å². The van der Waals surface area contributed by atoms with Crippen LogP contribution in [0.25, 0.3) is 0 Å². The minimum atomic E-state index is -1.21. The SMILES string of the molecule is C[C@@H](c1ccc(Br)cc1)N1C[C@]23C=C[C@@H](O2)[C@H](C(=O)[O-])[C@@H]3C1=O. The van der Waals surface area contributed by atoms with Gasteiger partial charge in [-0.05, 0) is 24.6 Å². The van der Waals surface area contributed by atoms with Gasteiger partial charge in [0.2, 0.25) is 5.91 Å². The van der Waals surface area contributed by atoms with E-state index in [9.17, 15) is 14.7 Å². The van der Waals surface area contributed by atoms with Crippen LogP contribution in [0.2, 0.25) is 0 Å². The lowest BCUT2D eigenvalue weighted by atomic mass is 9.77. The first-order valence-corrected chi connectivity index (χ1v) is 8.36. The number of fused-ring (bicyclic) bond motifs is 1. The van der Waals surface area contributed by atoms with Gasteiger partial charge in [0.15, 0.2) is 0 Å². The number of carboxylic acids is 1. The van der Waals surface area contributed by atoms with Crippen molar-refractivity contribution in [3.8, 4) is 0 Å². The van der Waals surface area contributed by atoms with Crippen LogP contribution in [0.3, 0.4) is 0 Å². The Morgan fingerprint density at radius 2 is 2.13 bits per heavy atom. The highest BCUT2D eigenvalue weighted by Gasteiger charge is 2.65. The quantitative estimate of drug-likeness (QED) is 0.739. The summed E-state index contributed by atoms with van der Waals surface area (Å²) < 4.78 is 6.83. The fraction of sp³-hybridized carbons (Fsp3) is 0.412. The van der Waals surface area contributed by atoms with Gasteiger partial charge in [0.1, 0.15) is 5.60 Å². The van der Waals surface area contributed by atoms with Crippen LogP contribution in [-0.2, 0) is 14.3 Å². The summed E-state index contributed by atoms with van der Waals surface area (Å²) in [4.78, 5) is 26.1. The zero-order valence-electron chi connectivity index (χ0n) is 12.4. The zero-order valence-corrected chi connectivity index (χ0v) is 14.0. The average Bonchev–Trinajstić information content (AvgIpc) is 3.15. The lowest BCUT2D eigenvalue weighted by Gasteiger charge is -2.28. The van der Waals surface area contributed by atoms with Gasteiger partial charge in [-0.1, -0.05) is 40.2 Å². The van der Waals surface area contributed by atoms with Gasteiger partial charge in [-0.15, -0.1) is 0 Å². The largest absolute Gasteiger partial charge is 0.550 e. The van der Waals surface area contributed by atoms with Crippen molar-refractivity contribution in [3.05, 3.63) is 46.5 Å². The zero-order chi connectivity index (χ0) is 16.4. The standard InChI is InChI=1S/C17H16BrNO4/c1-9(10-2-4-11(18)5-3-10)19-8-17-7-6-12(23-17)13(16(21)22)14(17)15(19)20/h2-7,9,12-14H,8H2,1H3,(H,21,22)/p-1/t9-,12+,13-,14+,17-/m0/s1. The molecule has 120 valence electrons.